The van der Waals surface area contributed by atoms with Crippen molar-refractivity contribution in [3.63, 3.8) is 0 Å². The molecule has 0 unspecified atom stereocenters. The lowest BCUT2D eigenvalue weighted by molar-refractivity contribution is 0.628. The van der Waals surface area contributed by atoms with E-state index in [2.05, 4.69) is 57.5 Å². The lowest BCUT2D eigenvalue weighted by atomic mass is 10.0. The average Bonchev–Trinajstić information content (AvgIpc) is 3.49. The van der Waals surface area contributed by atoms with Crippen molar-refractivity contribution in [2.24, 2.45) is 5.92 Å². The highest BCUT2D eigenvalue weighted by atomic mass is 19.1. The SMILES string of the molecule is C=C(CC(C)C)Nc1cncc(C(/C=c2/c(-c3nc4c(-c5cccc(F)c5)nccc4[nH]3)n[nH]c2=C)=C/C)c1. The highest BCUT2D eigenvalue weighted by molar-refractivity contribution is 5.92. The van der Waals surface area contributed by atoms with Gasteiger partial charge in [-0.3, -0.25) is 15.1 Å². The molecule has 0 aliphatic carbocycles. The van der Waals surface area contributed by atoms with Crippen LogP contribution < -0.4 is 15.9 Å². The van der Waals surface area contributed by atoms with E-state index in [-0.39, 0.29) is 5.82 Å². The minimum Gasteiger partial charge on any atom is -0.358 e. The van der Waals surface area contributed by atoms with E-state index >= 15 is 0 Å². The molecule has 0 fully saturated rings. The standard InChI is InChI=1S/C31H30FN7/c1-6-21(23-14-25(17-33-16-23)35-19(4)12-18(2)3)15-26-20(5)38-39-29(26)31-36-27-10-11-34-28(30(27)37-31)22-8-7-9-24(32)13-22/h6-11,13-18,35,38H,4-5,12H2,1-3H3,(H,36,37)/b21-6+,26-15+. The van der Waals surface area contributed by atoms with Crippen LogP contribution in [0, 0.1) is 11.7 Å². The number of pyridine rings is 2. The summed E-state index contributed by atoms with van der Waals surface area (Å²) in [5.74, 6) is 0.737. The molecule has 39 heavy (non-hydrogen) atoms. The van der Waals surface area contributed by atoms with Crippen molar-refractivity contribution in [3.05, 3.63) is 95.3 Å². The van der Waals surface area contributed by atoms with E-state index in [1.807, 2.05) is 43.5 Å². The van der Waals surface area contributed by atoms with Crippen LogP contribution in [-0.4, -0.2) is 30.1 Å². The van der Waals surface area contributed by atoms with Crippen molar-refractivity contribution in [3.8, 4) is 22.8 Å². The van der Waals surface area contributed by atoms with Gasteiger partial charge in [0.1, 0.15) is 17.0 Å². The van der Waals surface area contributed by atoms with Crippen LogP contribution in [-0.2, 0) is 0 Å². The summed E-state index contributed by atoms with van der Waals surface area (Å²) in [6.45, 7) is 14.6. The number of hydrogen-bond acceptors (Lipinski definition) is 5. The number of H-pyrrole nitrogens is 2. The van der Waals surface area contributed by atoms with E-state index in [0.717, 1.165) is 39.7 Å². The quantitative estimate of drug-likeness (QED) is 0.240. The van der Waals surface area contributed by atoms with Gasteiger partial charge in [-0.1, -0.05) is 45.2 Å². The van der Waals surface area contributed by atoms with Gasteiger partial charge in [-0.2, -0.15) is 5.10 Å². The molecule has 8 heteroatoms. The molecule has 0 amide bonds. The molecule has 7 nitrogen and oxygen atoms in total. The second kappa shape index (κ2) is 10.9. The first-order valence-corrected chi connectivity index (χ1v) is 12.7. The van der Waals surface area contributed by atoms with Crippen molar-refractivity contribution in [2.45, 2.75) is 27.2 Å². The Morgan fingerprint density at radius 3 is 2.77 bits per heavy atom. The van der Waals surface area contributed by atoms with Crippen molar-refractivity contribution >= 4 is 34.9 Å². The van der Waals surface area contributed by atoms with E-state index in [4.69, 9.17) is 4.98 Å². The van der Waals surface area contributed by atoms with E-state index in [1.54, 1.807) is 18.5 Å². The fourth-order valence-electron chi connectivity index (χ4n) is 4.52. The van der Waals surface area contributed by atoms with Crippen molar-refractivity contribution in [1.29, 1.82) is 0 Å². The minimum atomic E-state index is -0.329. The second-order valence-corrected chi connectivity index (χ2v) is 9.79. The molecule has 196 valence electrons. The third-order valence-corrected chi connectivity index (χ3v) is 6.26. The molecule has 0 aliphatic rings. The molecule has 0 saturated heterocycles. The lowest BCUT2D eigenvalue weighted by Crippen LogP contribution is -2.22. The van der Waals surface area contributed by atoms with Crippen LogP contribution in [0.15, 0.2) is 73.3 Å². The number of benzene rings is 1. The van der Waals surface area contributed by atoms with Crippen LogP contribution in [0.1, 0.15) is 32.8 Å². The Bertz CT molecular complexity index is 1810. The van der Waals surface area contributed by atoms with Crippen LogP contribution in [0.3, 0.4) is 0 Å². The molecule has 5 rings (SSSR count). The van der Waals surface area contributed by atoms with Gasteiger partial charge >= 0.3 is 0 Å². The summed E-state index contributed by atoms with van der Waals surface area (Å²) in [6, 6.07) is 10.2. The van der Waals surface area contributed by atoms with Gasteiger partial charge in [0.05, 0.1) is 28.4 Å². The second-order valence-electron chi connectivity index (χ2n) is 9.79. The topological polar surface area (TPSA) is 95.2 Å². The largest absolute Gasteiger partial charge is 0.358 e. The molecule has 0 bridgehead atoms. The number of aromatic amines is 2. The lowest BCUT2D eigenvalue weighted by Gasteiger charge is -2.12. The Hall–Kier alpha value is -4.85. The van der Waals surface area contributed by atoms with Crippen molar-refractivity contribution in [2.75, 3.05) is 5.32 Å². The summed E-state index contributed by atoms with van der Waals surface area (Å²) in [5, 5.41) is 12.3. The Balaban J connectivity index is 1.54. The molecule has 4 aromatic heterocycles. The van der Waals surface area contributed by atoms with Crippen LogP contribution in [0.25, 0.3) is 52.0 Å². The van der Waals surface area contributed by atoms with Crippen molar-refractivity contribution < 1.29 is 4.39 Å². The van der Waals surface area contributed by atoms with Gasteiger partial charge in [0.15, 0.2) is 5.82 Å². The zero-order valence-electron chi connectivity index (χ0n) is 22.2. The summed E-state index contributed by atoms with van der Waals surface area (Å²) in [5.41, 5.74) is 6.98. The molecular formula is C31H30FN7. The van der Waals surface area contributed by atoms with Gasteiger partial charge in [-0.25, -0.2) is 9.37 Å². The number of aromatic nitrogens is 6. The van der Waals surface area contributed by atoms with E-state index in [0.29, 0.717) is 39.6 Å². The van der Waals surface area contributed by atoms with Gasteiger partial charge in [-0.05, 0) is 55.2 Å². The number of halogens is 1. The Morgan fingerprint density at radius 2 is 2.00 bits per heavy atom. The van der Waals surface area contributed by atoms with E-state index < -0.39 is 0 Å². The highest BCUT2D eigenvalue weighted by Crippen LogP contribution is 2.27. The normalized spacial score (nSPS) is 12.4. The third kappa shape index (κ3) is 5.55. The average molecular weight is 520 g/mol. The number of rotatable bonds is 8. The zero-order chi connectivity index (χ0) is 27.5. The predicted molar refractivity (Wildman–Crippen MR) is 156 cm³/mol. The highest BCUT2D eigenvalue weighted by Gasteiger charge is 2.15. The predicted octanol–water partition coefficient (Wildman–Crippen LogP) is 5.82. The monoisotopic (exact) mass is 519 g/mol. The molecule has 4 heterocycles. The van der Waals surface area contributed by atoms with Gasteiger partial charge in [0.2, 0.25) is 0 Å². The maximum absolute atomic E-state index is 13.9. The molecule has 0 spiro atoms. The molecule has 0 atom stereocenters. The van der Waals surface area contributed by atoms with Gasteiger partial charge in [0, 0.05) is 34.4 Å². The fraction of sp³-hybridized carbons (Fsp3) is 0.161. The Kier molecular flexibility index (Phi) is 7.19. The van der Waals surface area contributed by atoms with Crippen LogP contribution >= 0.6 is 0 Å². The van der Waals surface area contributed by atoms with E-state index in [1.165, 1.54) is 12.1 Å². The molecule has 0 saturated carbocycles. The molecule has 5 aromatic rings. The Labute approximate surface area is 226 Å². The number of allylic oxidation sites excluding steroid dienone is 3. The van der Waals surface area contributed by atoms with Crippen LogP contribution in [0.2, 0.25) is 0 Å². The van der Waals surface area contributed by atoms with Crippen LogP contribution in [0.5, 0.6) is 0 Å². The summed E-state index contributed by atoms with van der Waals surface area (Å²) >= 11 is 0. The van der Waals surface area contributed by atoms with Gasteiger partial charge in [0.25, 0.3) is 0 Å². The first-order valence-electron chi connectivity index (χ1n) is 12.7. The smallest absolute Gasteiger partial charge is 0.159 e. The zero-order valence-corrected chi connectivity index (χ0v) is 22.2. The maximum Gasteiger partial charge on any atom is 0.159 e. The third-order valence-electron chi connectivity index (χ3n) is 6.26. The number of fused-ring (bicyclic) bond motifs is 1. The number of nitrogens with one attached hydrogen (secondary N) is 3. The van der Waals surface area contributed by atoms with Gasteiger partial charge < -0.3 is 10.3 Å². The first-order chi connectivity index (χ1) is 18.8. The number of hydrogen-bond donors (Lipinski definition) is 3. The molecule has 3 N–H and O–H groups in total. The molecule has 0 aliphatic heterocycles. The summed E-state index contributed by atoms with van der Waals surface area (Å²) in [7, 11) is 0. The van der Waals surface area contributed by atoms with Gasteiger partial charge in [-0.15, -0.1) is 0 Å². The number of imidazole rings is 1. The summed E-state index contributed by atoms with van der Waals surface area (Å²) in [6.07, 6.45) is 10.2. The minimum absolute atomic E-state index is 0.329. The van der Waals surface area contributed by atoms with Crippen LogP contribution in [0.4, 0.5) is 10.1 Å². The fourth-order valence-corrected chi connectivity index (χ4v) is 4.52. The van der Waals surface area contributed by atoms with E-state index in [9.17, 15) is 4.39 Å². The summed E-state index contributed by atoms with van der Waals surface area (Å²) in [4.78, 5) is 17.1. The Morgan fingerprint density at radius 1 is 1.15 bits per heavy atom. The first kappa shape index (κ1) is 25.8. The van der Waals surface area contributed by atoms with Crippen molar-refractivity contribution in [1.82, 2.24) is 30.1 Å². The number of nitrogens with zero attached hydrogens (tertiary/aromatic N) is 4. The number of anilines is 1. The molecule has 0 radical (unpaired) electrons. The molecule has 1 aromatic carbocycles. The maximum atomic E-state index is 13.9. The summed E-state index contributed by atoms with van der Waals surface area (Å²) < 4.78 is 13.9. The molecular weight excluding hydrogens is 489 g/mol.